The van der Waals surface area contributed by atoms with E-state index in [2.05, 4.69) is 28.1 Å². The summed E-state index contributed by atoms with van der Waals surface area (Å²) in [4.78, 5) is 0. The second kappa shape index (κ2) is 6.20. The Balaban J connectivity index is 1.92. The van der Waals surface area contributed by atoms with Crippen LogP contribution in [0.3, 0.4) is 0 Å². The third-order valence-electron chi connectivity index (χ3n) is 4.29. The number of methoxy groups -OCH3 is 1. The van der Waals surface area contributed by atoms with Gasteiger partial charge in [-0.25, -0.2) is 0 Å². The minimum Gasteiger partial charge on any atom is -0.496 e. The maximum Gasteiger partial charge on any atom is 0.126 e. The van der Waals surface area contributed by atoms with Gasteiger partial charge in [0.05, 0.1) is 7.11 Å². The van der Waals surface area contributed by atoms with Gasteiger partial charge in [0.1, 0.15) is 11.9 Å². The average molecular weight is 347 g/mol. The number of halogens is 1. The van der Waals surface area contributed by atoms with E-state index in [1.807, 2.05) is 30.3 Å². The largest absolute Gasteiger partial charge is 0.496 e. The van der Waals surface area contributed by atoms with Crippen molar-refractivity contribution in [2.45, 2.75) is 31.3 Å². The molecule has 1 aliphatic rings. The van der Waals surface area contributed by atoms with Gasteiger partial charge in [-0.05, 0) is 42.0 Å². The molecule has 1 saturated carbocycles. The van der Waals surface area contributed by atoms with Gasteiger partial charge in [0.2, 0.25) is 0 Å². The highest BCUT2D eigenvalue weighted by molar-refractivity contribution is 9.10. The molecule has 1 unspecified atom stereocenters. The lowest BCUT2D eigenvalue weighted by Gasteiger charge is -2.26. The van der Waals surface area contributed by atoms with Crippen molar-refractivity contribution >= 4 is 15.9 Å². The Kier molecular flexibility index (Phi) is 4.32. The molecule has 0 aliphatic heterocycles. The van der Waals surface area contributed by atoms with Crippen molar-refractivity contribution in [3.8, 4) is 5.75 Å². The van der Waals surface area contributed by atoms with Crippen molar-refractivity contribution < 1.29 is 9.84 Å². The second-order valence-electron chi connectivity index (χ2n) is 5.59. The molecule has 3 heteroatoms. The first-order valence-electron chi connectivity index (χ1n) is 7.30. The van der Waals surface area contributed by atoms with E-state index in [4.69, 9.17) is 4.74 Å². The average Bonchev–Trinajstić information content (AvgIpc) is 2.45. The summed E-state index contributed by atoms with van der Waals surface area (Å²) in [6.07, 6.45) is 3.19. The van der Waals surface area contributed by atoms with Gasteiger partial charge in [0.25, 0.3) is 0 Å². The van der Waals surface area contributed by atoms with Crippen LogP contribution in [0.15, 0.2) is 46.9 Å². The highest BCUT2D eigenvalue weighted by atomic mass is 79.9. The Morgan fingerprint density at radius 3 is 2.67 bits per heavy atom. The van der Waals surface area contributed by atoms with Crippen LogP contribution in [0.4, 0.5) is 0 Å². The molecule has 0 bridgehead atoms. The smallest absolute Gasteiger partial charge is 0.126 e. The first kappa shape index (κ1) is 14.6. The van der Waals surface area contributed by atoms with Gasteiger partial charge in [0.15, 0.2) is 0 Å². The monoisotopic (exact) mass is 346 g/mol. The first-order valence-corrected chi connectivity index (χ1v) is 8.09. The molecule has 1 aliphatic carbocycles. The van der Waals surface area contributed by atoms with Gasteiger partial charge in [-0.15, -0.1) is 0 Å². The zero-order valence-corrected chi connectivity index (χ0v) is 13.6. The van der Waals surface area contributed by atoms with E-state index < -0.39 is 6.10 Å². The summed E-state index contributed by atoms with van der Waals surface area (Å²) in [5, 5.41) is 10.7. The van der Waals surface area contributed by atoms with E-state index in [0.29, 0.717) is 11.7 Å². The molecule has 2 nitrogen and oxygen atoms in total. The van der Waals surface area contributed by atoms with Crippen LogP contribution in [0.2, 0.25) is 0 Å². The van der Waals surface area contributed by atoms with Crippen LogP contribution in [0.25, 0.3) is 0 Å². The predicted octanol–water partition coefficient (Wildman–Crippen LogP) is 4.81. The predicted molar refractivity (Wildman–Crippen MR) is 87.8 cm³/mol. The first-order chi connectivity index (χ1) is 10.2. The molecule has 0 saturated heterocycles. The summed E-state index contributed by atoms with van der Waals surface area (Å²) < 4.78 is 6.33. The zero-order valence-electron chi connectivity index (χ0n) is 12.1. The fourth-order valence-electron chi connectivity index (χ4n) is 2.82. The fraction of sp³-hybridized carbons (Fsp3) is 0.333. The van der Waals surface area contributed by atoms with Crippen LogP contribution < -0.4 is 4.74 Å². The zero-order chi connectivity index (χ0) is 14.8. The molecule has 21 heavy (non-hydrogen) atoms. The van der Waals surface area contributed by atoms with E-state index in [1.54, 1.807) is 7.11 Å². The molecule has 0 spiro atoms. The van der Waals surface area contributed by atoms with E-state index in [0.717, 1.165) is 15.6 Å². The molecular weight excluding hydrogens is 328 g/mol. The highest BCUT2D eigenvalue weighted by Gasteiger charge is 2.21. The summed E-state index contributed by atoms with van der Waals surface area (Å²) in [6.45, 7) is 0. The molecule has 0 aromatic heterocycles. The van der Waals surface area contributed by atoms with E-state index >= 15 is 0 Å². The molecule has 2 aromatic rings. The van der Waals surface area contributed by atoms with Gasteiger partial charge in [-0.1, -0.05) is 52.7 Å². The van der Waals surface area contributed by atoms with Crippen molar-refractivity contribution in [2.75, 3.05) is 7.11 Å². The molecule has 2 aromatic carbocycles. The van der Waals surface area contributed by atoms with E-state index in [-0.39, 0.29) is 0 Å². The minimum atomic E-state index is -0.659. The Bertz CT molecular complexity index is 635. The normalized spacial score (nSPS) is 16.3. The molecular formula is C18H19BrO2. The van der Waals surface area contributed by atoms with Crippen LogP contribution in [-0.2, 0) is 0 Å². The number of aliphatic hydroxyl groups is 1. The van der Waals surface area contributed by atoms with E-state index in [9.17, 15) is 5.11 Å². The van der Waals surface area contributed by atoms with Gasteiger partial charge in [-0.2, -0.15) is 0 Å². The number of aliphatic hydroxyl groups excluding tert-OH is 1. The Morgan fingerprint density at radius 1 is 1.19 bits per heavy atom. The number of hydrogen-bond acceptors (Lipinski definition) is 2. The van der Waals surface area contributed by atoms with E-state index in [1.165, 1.54) is 24.8 Å². The van der Waals surface area contributed by atoms with Crippen LogP contribution >= 0.6 is 15.9 Å². The Morgan fingerprint density at radius 2 is 2.00 bits per heavy atom. The Hall–Kier alpha value is -1.32. The molecule has 1 fully saturated rings. The maximum atomic E-state index is 10.7. The second-order valence-corrected chi connectivity index (χ2v) is 6.50. The number of hydrogen-bond donors (Lipinski definition) is 1. The highest BCUT2D eigenvalue weighted by Crippen LogP contribution is 2.38. The van der Waals surface area contributed by atoms with Gasteiger partial charge in [0, 0.05) is 10.0 Å². The third-order valence-corrected chi connectivity index (χ3v) is 4.79. The van der Waals surface area contributed by atoms with Crippen molar-refractivity contribution in [1.82, 2.24) is 0 Å². The molecule has 110 valence electrons. The molecule has 1 N–H and O–H groups in total. The van der Waals surface area contributed by atoms with Gasteiger partial charge in [-0.3, -0.25) is 0 Å². The molecule has 0 radical (unpaired) electrons. The number of benzene rings is 2. The number of ether oxygens (including phenoxy) is 1. The van der Waals surface area contributed by atoms with Gasteiger partial charge < -0.3 is 9.84 Å². The van der Waals surface area contributed by atoms with Crippen LogP contribution in [0.5, 0.6) is 5.75 Å². The molecule has 3 rings (SSSR count). The summed E-state index contributed by atoms with van der Waals surface area (Å²) in [7, 11) is 1.63. The van der Waals surface area contributed by atoms with Crippen molar-refractivity contribution in [3.63, 3.8) is 0 Å². The van der Waals surface area contributed by atoms with Crippen LogP contribution in [0.1, 0.15) is 48.0 Å². The summed E-state index contributed by atoms with van der Waals surface area (Å²) in [5.74, 6) is 1.37. The Labute approximate surface area is 133 Å². The lowest BCUT2D eigenvalue weighted by atomic mass is 9.79. The fourth-order valence-corrected chi connectivity index (χ4v) is 3.16. The summed E-state index contributed by atoms with van der Waals surface area (Å²) in [5.41, 5.74) is 3.07. The lowest BCUT2D eigenvalue weighted by Crippen LogP contribution is -2.10. The van der Waals surface area contributed by atoms with Crippen LogP contribution in [0, 0.1) is 0 Å². The standard InChI is InChI=1S/C18H19BrO2/c1-21-17-11-15(19)8-9-16(17)18(20)14-7-3-6-13(10-14)12-4-2-5-12/h3,6-12,18,20H,2,4-5H2,1H3. The van der Waals surface area contributed by atoms with Gasteiger partial charge >= 0.3 is 0 Å². The van der Waals surface area contributed by atoms with Crippen molar-refractivity contribution in [3.05, 3.63) is 63.6 Å². The third kappa shape index (κ3) is 2.99. The summed E-state index contributed by atoms with van der Waals surface area (Å²) in [6, 6.07) is 14.0. The van der Waals surface area contributed by atoms with Crippen LogP contribution in [-0.4, -0.2) is 12.2 Å². The molecule has 1 atom stereocenters. The van der Waals surface area contributed by atoms with Crippen molar-refractivity contribution in [2.24, 2.45) is 0 Å². The minimum absolute atomic E-state index is 0.659. The number of rotatable bonds is 4. The maximum absolute atomic E-state index is 10.7. The molecule has 0 amide bonds. The topological polar surface area (TPSA) is 29.5 Å². The lowest BCUT2D eigenvalue weighted by molar-refractivity contribution is 0.214. The SMILES string of the molecule is COc1cc(Br)ccc1C(O)c1cccc(C2CCC2)c1. The van der Waals surface area contributed by atoms with Crippen molar-refractivity contribution in [1.29, 1.82) is 0 Å². The summed E-state index contributed by atoms with van der Waals surface area (Å²) >= 11 is 3.43. The molecule has 0 heterocycles. The quantitative estimate of drug-likeness (QED) is 0.860.